The third kappa shape index (κ3) is 2.90. The molecule has 0 saturated heterocycles. The second-order valence-electron chi connectivity index (χ2n) is 5.51. The van der Waals surface area contributed by atoms with Gasteiger partial charge in [0.2, 0.25) is 5.82 Å². The average Bonchev–Trinajstić information content (AvgIpc) is 3.07. The second kappa shape index (κ2) is 6.56. The van der Waals surface area contributed by atoms with Crippen LogP contribution in [-0.4, -0.2) is 35.1 Å². The average molecular weight is 376 g/mol. The van der Waals surface area contributed by atoms with Crippen LogP contribution in [-0.2, 0) is 20.6 Å². The molecule has 10 nitrogen and oxygen atoms in total. The molecule has 3 rings (SSSR count). The van der Waals surface area contributed by atoms with Gasteiger partial charge in [-0.25, -0.2) is 4.79 Å². The summed E-state index contributed by atoms with van der Waals surface area (Å²) in [5.41, 5.74) is 4.63. The van der Waals surface area contributed by atoms with Gasteiger partial charge in [-0.2, -0.15) is 4.80 Å². The van der Waals surface area contributed by atoms with E-state index in [1.807, 2.05) is 0 Å². The molecule has 134 valence electrons. The minimum absolute atomic E-state index is 0.213. The van der Waals surface area contributed by atoms with Crippen LogP contribution in [0.3, 0.4) is 0 Å². The maximum Gasteiger partial charge on any atom is 0.332 e. The number of tetrazole rings is 1. The number of anilines is 1. The Morgan fingerprint density at radius 2 is 1.88 bits per heavy atom. The Hall–Kier alpha value is -3.27. The Morgan fingerprint density at radius 1 is 1.19 bits per heavy atom. The summed E-state index contributed by atoms with van der Waals surface area (Å²) in [5.74, 6) is -0.610. The minimum Gasteiger partial charge on any atom is -0.384 e. The predicted molar refractivity (Wildman–Crippen MR) is 93.9 cm³/mol. The van der Waals surface area contributed by atoms with Crippen molar-refractivity contribution >= 4 is 23.2 Å². The van der Waals surface area contributed by atoms with E-state index in [9.17, 15) is 14.4 Å². The van der Waals surface area contributed by atoms with Crippen molar-refractivity contribution in [3.05, 3.63) is 55.7 Å². The number of nitrogens with two attached hydrogens (primary N) is 1. The van der Waals surface area contributed by atoms with Gasteiger partial charge in [0.15, 0.2) is 5.78 Å². The van der Waals surface area contributed by atoms with Crippen LogP contribution in [0.1, 0.15) is 10.4 Å². The van der Waals surface area contributed by atoms with Gasteiger partial charge < -0.3 is 5.73 Å². The first-order valence-corrected chi connectivity index (χ1v) is 7.80. The lowest BCUT2D eigenvalue weighted by Crippen LogP contribution is -2.42. The number of nitrogens with zero attached hydrogens (tertiary/aromatic N) is 6. The third-order valence-electron chi connectivity index (χ3n) is 3.84. The van der Waals surface area contributed by atoms with Crippen LogP contribution >= 0.6 is 11.6 Å². The number of hydrogen-bond donors (Lipinski definition) is 1. The van der Waals surface area contributed by atoms with E-state index in [4.69, 9.17) is 17.3 Å². The van der Waals surface area contributed by atoms with E-state index >= 15 is 0 Å². The number of carbonyl (C=O) groups excluding carboxylic acids is 1. The molecule has 2 heterocycles. The fourth-order valence-corrected chi connectivity index (χ4v) is 2.61. The lowest BCUT2D eigenvalue weighted by molar-refractivity contribution is 0.0959. The van der Waals surface area contributed by atoms with E-state index in [-0.39, 0.29) is 23.8 Å². The molecule has 0 saturated carbocycles. The van der Waals surface area contributed by atoms with Crippen molar-refractivity contribution in [2.75, 3.05) is 5.73 Å². The molecule has 26 heavy (non-hydrogen) atoms. The van der Waals surface area contributed by atoms with E-state index in [0.29, 0.717) is 10.6 Å². The topological polar surface area (TPSA) is 131 Å². The highest BCUT2D eigenvalue weighted by Crippen LogP contribution is 2.23. The van der Waals surface area contributed by atoms with Gasteiger partial charge in [0.05, 0.1) is 5.02 Å². The number of hydrogen-bond acceptors (Lipinski definition) is 7. The van der Waals surface area contributed by atoms with Crippen LogP contribution in [0.15, 0.2) is 33.9 Å². The first-order valence-electron chi connectivity index (χ1n) is 7.42. The summed E-state index contributed by atoms with van der Waals surface area (Å²) < 4.78 is 1.84. The zero-order valence-corrected chi connectivity index (χ0v) is 14.6. The van der Waals surface area contributed by atoms with Gasteiger partial charge >= 0.3 is 5.69 Å². The highest BCUT2D eigenvalue weighted by Gasteiger charge is 2.21. The van der Waals surface area contributed by atoms with Crippen LogP contribution < -0.4 is 17.0 Å². The third-order valence-corrected chi connectivity index (χ3v) is 4.17. The van der Waals surface area contributed by atoms with Crippen molar-refractivity contribution in [3.8, 4) is 11.4 Å². The Balaban J connectivity index is 1.95. The molecule has 0 spiro atoms. The van der Waals surface area contributed by atoms with E-state index in [1.54, 1.807) is 24.3 Å². The first-order chi connectivity index (χ1) is 12.3. The second-order valence-corrected chi connectivity index (χ2v) is 5.92. The van der Waals surface area contributed by atoms with Crippen molar-refractivity contribution in [1.29, 1.82) is 0 Å². The predicted octanol–water partition coefficient (Wildman–Crippen LogP) is -0.144. The Morgan fingerprint density at radius 3 is 2.58 bits per heavy atom. The quantitative estimate of drug-likeness (QED) is 0.627. The smallest absolute Gasteiger partial charge is 0.332 e. The monoisotopic (exact) mass is 375 g/mol. The van der Waals surface area contributed by atoms with E-state index < -0.39 is 17.0 Å². The molecule has 11 heteroatoms. The summed E-state index contributed by atoms with van der Waals surface area (Å²) in [5, 5.41) is 12.2. The molecule has 0 fully saturated rings. The number of aromatic nitrogens is 6. The van der Waals surface area contributed by atoms with Gasteiger partial charge in [-0.1, -0.05) is 23.7 Å². The van der Waals surface area contributed by atoms with Crippen LogP contribution in [0.25, 0.3) is 11.4 Å². The van der Waals surface area contributed by atoms with Crippen LogP contribution in [0.4, 0.5) is 5.82 Å². The lowest BCUT2D eigenvalue weighted by Gasteiger charge is -2.10. The fourth-order valence-electron chi connectivity index (χ4n) is 2.39. The highest BCUT2D eigenvalue weighted by atomic mass is 35.5. The summed E-state index contributed by atoms with van der Waals surface area (Å²) in [7, 11) is 2.64. The highest BCUT2D eigenvalue weighted by molar-refractivity contribution is 6.33. The maximum atomic E-state index is 12.5. The molecule has 3 aromatic rings. The largest absolute Gasteiger partial charge is 0.384 e. The number of Topliss-reactive ketones (excluding diaryl/α,β-unsaturated/α-hetero) is 1. The molecule has 0 aliphatic carbocycles. The van der Waals surface area contributed by atoms with Crippen molar-refractivity contribution in [1.82, 2.24) is 29.3 Å². The van der Waals surface area contributed by atoms with Crippen molar-refractivity contribution in [2.45, 2.75) is 6.54 Å². The number of benzene rings is 1. The van der Waals surface area contributed by atoms with Gasteiger partial charge in [0.25, 0.3) is 5.56 Å². The van der Waals surface area contributed by atoms with Crippen LogP contribution in [0.5, 0.6) is 0 Å². The molecular formula is C15H14ClN7O3. The van der Waals surface area contributed by atoms with Crippen LogP contribution in [0.2, 0.25) is 5.02 Å². The molecule has 0 bridgehead atoms. The van der Waals surface area contributed by atoms with Crippen molar-refractivity contribution < 1.29 is 4.79 Å². The Labute approximate surface area is 151 Å². The minimum atomic E-state index is -0.776. The van der Waals surface area contributed by atoms with E-state index in [2.05, 4.69) is 15.4 Å². The molecular weight excluding hydrogens is 362 g/mol. The summed E-state index contributed by atoms with van der Waals surface area (Å²) >= 11 is 6.08. The number of carbonyl (C=O) groups is 1. The van der Waals surface area contributed by atoms with E-state index in [1.165, 1.54) is 14.1 Å². The van der Waals surface area contributed by atoms with Crippen molar-refractivity contribution in [2.24, 2.45) is 14.1 Å². The molecule has 0 aliphatic heterocycles. The number of rotatable bonds is 4. The van der Waals surface area contributed by atoms with Crippen molar-refractivity contribution in [3.63, 3.8) is 0 Å². The summed E-state index contributed by atoms with van der Waals surface area (Å²) in [4.78, 5) is 37.6. The summed E-state index contributed by atoms with van der Waals surface area (Å²) in [6.07, 6.45) is 0. The number of ketones is 1. The van der Waals surface area contributed by atoms with Gasteiger partial charge in [0.1, 0.15) is 17.9 Å². The molecule has 2 N–H and O–H groups in total. The fraction of sp³-hybridized carbons (Fsp3) is 0.200. The number of nitrogen functional groups attached to an aromatic ring is 1. The number of halogens is 1. The molecule has 0 amide bonds. The first kappa shape index (κ1) is 17.5. The molecule has 0 atom stereocenters. The summed E-state index contributed by atoms with van der Waals surface area (Å²) in [6.45, 7) is -0.366. The van der Waals surface area contributed by atoms with Gasteiger partial charge in [0, 0.05) is 19.7 Å². The maximum absolute atomic E-state index is 12.5. The zero-order valence-electron chi connectivity index (χ0n) is 13.9. The Kier molecular flexibility index (Phi) is 4.43. The normalized spacial score (nSPS) is 10.9. The summed E-state index contributed by atoms with van der Waals surface area (Å²) in [6, 6.07) is 6.92. The van der Waals surface area contributed by atoms with Gasteiger partial charge in [-0.15, -0.1) is 10.2 Å². The zero-order chi connectivity index (χ0) is 19.0. The standard InChI is InChI=1S/C15H14ClN7O3/c1-21-12(17)11(14(25)22(2)15(21)26)10(24)7-23-19-13(18-20-23)8-5-3-4-6-9(8)16/h3-6H,7,17H2,1-2H3. The lowest BCUT2D eigenvalue weighted by atomic mass is 10.2. The van der Waals surface area contributed by atoms with Gasteiger partial charge in [-0.3, -0.25) is 18.7 Å². The molecule has 0 unspecified atom stereocenters. The van der Waals surface area contributed by atoms with E-state index in [0.717, 1.165) is 13.9 Å². The van der Waals surface area contributed by atoms with Crippen LogP contribution in [0, 0.1) is 0 Å². The molecule has 0 aliphatic rings. The Bertz CT molecular complexity index is 1130. The molecule has 2 aromatic heterocycles. The van der Waals surface area contributed by atoms with Gasteiger partial charge in [-0.05, 0) is 17.3 Å². The SMILES string of the molecule is Cn1c(N)c(C(=O)Cn2nnc(-c3ccccc3Cl)n2)c(=O)n(C)c1=O. The molecule has 0 radical (unpaired) electrons. The molecule has 1 aromatic carbocycles.